The maximum atomic E-state index is 12.7. The van der Waals surface area contributed by atoms with Crippen LogP contribution in [0.5, 0.6) is 5.75 Å². The van der Waals surface area contributed by atoms with E-state index in [0.717, 1.165) is 38.5 Å². The predicted molar refractivity (Wildman–Crippen MR) is 110 cm³/mol. The summed E-state index contributed by atoms with van der Waals surface area (Å²) in [7, 11) is 3.54. The molecular weight excluding hydrogens is 358 g/mol. The number of rotatable bonds is 4. The Morgan fingerprint density at radius 2 is 1.96 bits per heavy atom. The van der Waals surface area contributed by atoms with Crippen molar-refractivity contribution in [3.05, 3.63) is 65.0 Å². The van der Waals surface area contributed by atoms with E-state index in [1.54, 1.807) is 7.11 Å². The number of methoxy groups -OCH3 is 1. The molecule has 4 rings (SSSR count). The fraction of sp³-hybridized carbons (Fsp3) is 0.143. The van der Waals surface area contributed by atoms with Gasteiger partial charge in [0.15, 0.2) is 0 Å². The second-order valence-electron chi connectivity index (χ2n) is 6.30. The van der Waals surface area contributed by atoms with Crippen LogP contribution in [-0.4, -0.2) is 22.8 Å². The molecule has 0 saturated heterocycles. The molecule has 0 fully saturated rings. The van der Waals surface area contributed by atoms with E-state index in [2.05, 4.69) is 10.4 Å². The van der Waals surface area contributed by atoms with E-state index in [9.17, 15) is 4.79 Å². The highest BCUT2D eigenvalue weighted by Crippen LogP contribution is 2.35. The van der Waals surface area contributed by atoms with E-state index >= 15 is 0 Å². The fourth-order valence-electron chi connectivity index (χ4n) is 3.03. The summed E-state index contributed by atoms with van der Waals surface area (Å²) in [5.41, 5.74) is 3.66. The Balaban J connectivity index is 1.72. The summed E-state index contributed by atoms with van der Waals surface area (Å²) in [5, 5.41) is 8.59. The summed E-state index contributed by atoms with van der Waals surface area (Å²) in [5.74, 6) is 0.668. The fourth-order valence-corrected chi connectivity index (χ4v) is 4.00. The lowest BCUT2D eigenvalue weighted by Gasteiger charge is -2.06. The van der Waals surface area contributed by atoms with E-state index in [1.807, 2.05) is 73.3 Å². The largest absolute Gasteiger partial charge is 0.497 e. The Kier molecular flexibility index (Phi) is 4.41. The van der Waals surface area contributed by atoms with Crippen LogP contribution in [0.4, 0.5) is 5.69 Å². The third-order valence-electron chi connectivity index (χ3n) is 4.47. The highest BCUT2D eigenvalue weighted by Gasteiger charge is 2.18. The van der Waals surface area contributed by atoms with Crippen molar-refractivity contribution in [1.29, 1.82) is 0 Å². The minimum atomic E-state index is -0.109. The summed E-state index contributed by atoms with van der Waals surface area (Å²) < 4.78 is 7.14. The smallest absolute Gasteiger partial charge is 0.265 e. The van der Waals surface area contributed by atoms with Crippen LogP contribution < -0.4 is 10.1 Å². The topological polar surface area (TPSA) is 56.2 Å². The maximum Gasteiger partial charge on any atom is 0.265 e. The van der Waals surface area contributed by atoms with Gasteiger partial charge in [0.05, 0.1) is 12.0 Å². The summed E-state index contributed by atoms with van der Waals surface area (Å²) in [6.07, 6.45) is 0. The zero-order valence-corrected chi connectivity index (χ0v) is 16.1. The van der Waals surface area contributed by atoms with Crippen LogP contribution in [0.15, 0.2) is 54.6 Å². The second kappa shape index (κ2) is 6.89. The highest BCUT2D eigenvalue weighted by molar-refractivity contribution is 7.20. The molecule has 1 N–H and O–H groups in total. The molecule has 0 aliphatic rings. The van der Waals surface area contributed by atoms with Gasteiger partial charge in [-0.15, -0.1) is 11.3 Å². The van der Waals surface area contributed by atoms with Crippen molar-refractivity contribution in [3.63, 3.8) is 0 Å². The number of hydrogen-bond donors (Lipinski definition) is 1. The molecule has 0 radical (unpaired) electrons. The number of nitrogens with zero attached hydrogens (tertiary/aromatic N) is 2. The first-order valence-corrected chi connectivity index (χ1v) is 9.36. The molecule has 0 unspecified atom stereocenters. The standard InChI is InChI=1S/C21H19N3O2S/c1-13-7-4-5-10-17(13)22-20(25)18-12-16-19(23-24(2)21(16)27-18)14-8-6-9-15(11-14)26-3/h4-12H,1-3H3,(H,22,25). The van der Waals surface area contributed by atoms with Crippen molar-refractivity contribution < 1.29 is 9.53 Å². The quantitative estimate of drug-likeness (QED) is 0.552. The lowest BCUT2D eigenvalue weighted by atomic mass is 10.1. The first kappa shape index (κ1) is 17.3. The van der Waals surface area contributed by atoms with Gasteiger partial charge in [-0.1, -0.05) is 30.3 Å². The summed E-state index contributed by atoms with van der Waals surface area (Å²) >= 11 is 1.44. The average Bonchev–Trinajstić information content (AvgIpc) is 3.24. The van der Waals surface area contributed by atoms with Crippen LogP contribution in [0.2, 0.25) is 0 Å². The third-order valence-corrected chi connectivity index (χ3v) is 5.67. The molecule has 0 spiro atoms. The zero-order chi connectivity index (χ0) is 19.0. The first-order chi connectivity index (χ1) is 13.1. The number of para-hydroxylation sites is 1. The Morgan fingerprint density at radius 3 is 2.74 bits per heavy atom. The number of aromatic nitrogens is 2. The molecule has 6 heteroatoms. The Morgan fingerprint density at radius 1 is 1.15 bits per heavy atom. The van der Waals surface area contributed by atoms with Gasteiger partial charge in [0.1, 0.15) is 16.3 Å². The minimum absolute atomic E-state index is 0.109. The van der Waals surface area contributed by atoms with Crippen molar-refractivity contribution in [2.45, 2.75) is 6.92 Å². The van der Waals surface area contributed by atoms with Crippen molar-refractivity contribution >= 4 is 33.1 Å². The molecule has 5 nitrogen and oxygen atoms in total. The van der Waals surface area contributed by atoms with E-state index in [-0.39, 0.29) is 5.91 Å². The number of aryl methyl sites for hydroxylation is 2. The van der Waals surface area contributed by atoms with Gasteiger partial charge in [0, 0.05) is 23.7 Å². The number of carbonyl (C=O) groups excluding carboxylic acids is 1. The molecule has 0 aliphatic carbocycles. The lowest BCUT2D eigenvalue weighted by molar-refractivity contribution is 0.103. The normalized spacial score (nSPS) is 10.9. The Bertz CT molecular complexity index is 1140. The number of hydrogen-bond acceptors (Lipinski definition) is 4. The summed E-state index contributed by atoms with van der Waals surface area (Å²) in [6.45, 7) is 1.98. The number of fused-ring (bicyclic) bond motifs is 1. The molecule has 0 aliphatic heterocycles. The van der Waals surface area contributed by atoms with Crippen molar-refractivity contribution in [3.8, 4) is 17.0 Å². The molecule has 0 bridgehead atoms. The van der Waals surface area contributed by atoms with Gasteiger partial charge in [-0.25, -0.2) is 0 Å². The molecule has 4 aromatic rings. The first-order valence-electron chi connectivity index (χ1n) is 8.55. The lowest BCUT2D eigenvalue weighted by Crippen LogP contribution is -2.11. The zero-order valence-electron chi connectivity index (χ0n) is 15.3. The van der Waals surface area contributed by atoms with E-state index in [1.165, 1.54) is 11.3 Å². The molecule has 27 heavy (non-hydrogen) atoms. The molecule has 2 aromatic heterocycles. The van der Waals surface area contributed by atoms with E-state index < -0.39 is 0 Å². The number of benzene rings is 2. The molecule has 136 valence electrons. The maximum absolute atomic E-state index is 12.7. The summed E-state index contributed by atoms with van der Waals surface area (Å²) in [6, 6.07) is 17.5. The molecule has 2 heterocycles. The monoisotopic (exact) mass is 377 g/mol. The van der Waals surface area contributed by atoms with Gasteiger partial charge in [-0.3, -0.25) is 9.48 Å². The number of thiophene rings is 1. The molecule has 2 aromatic carbocycles. The molecule has 1 amide bonds. The Hall–Kier alpha value is -3.12. The number of anilines is 1. The second-order valence-corrected chi connectivity index (χ2v) is 7.33. The van der Waals surface area contributed by atoms with Crippen molar-refractivity contribution in [1.82, 2.24) is 9.78 Å². The minimum Gasteiger partial charge on any atom is -0.497 e. The number of amides is 1. The predicted octanol–water partition coefficient (Wildman–Crippen LogP) is 4.87. The van der Waals surface area contributed by atoms with Crippen LogP contribution in [0.3, 0.4) is 0 Å². The van der Waals surface area contributed by atoms with E-state index in [0.29, 0.717) is 4.88 Å². The van der Waals surface area contributed by atoms with Gasteiger partial charge in [-0.2, -0.15) is 5.10 Å². The van der Waals surface area contributed by atoms with Gasteiger partial charge in [-0.05, 0) is 36.8 Å². The number of nitrogens with one attached hydrogen (secondary N) is 1. The van der Waals surface area contributed by atoms with Gasteiger partial charge >= 0.3 is 0 Å². The highest BCUT2D eigenvalue weighted by atomic mass is 32.1. The van der Waals surface area contributed by atoms with Crippen LogP contribution in [0.1, 0.15) is 15.2 Å². The van der Waals surface area contributed by atoms with Gasteiger partial charge in [0.2, 0.25) is 0 Å². The van der Waals surface area contributed by atoms with Crippen LogP contribution in [-0.2, 0) is 7.05 Å². The van der Waals surface area contributed by atoms with Crippen molar-refractivity contribution in [2.75, 3.05) is 12.4 Å². The Labute approximate surface area is 161 Å². The van der Waals surface area contributed by atoms with Crippen LogP contribution in [0, 0.1) is 6.92 Å². The van der Waals surface area contributed by atoms with E-state index in [4.69, 9.17) is 4.74 Å². The van der Waals surface area contributed by atoms with Gasteiger partial charge < -0.3 is 10.1 Å². The molecule has 0 atom stereocenters. The van der Waals surface area contributed by atoms with Crippen molar-refractivity contribution in [2.24, 2.45) is 7.05 Å². The number of ether oxygens (including phenoxy) is 1. The molecular formula is C21H19N3O2S. The van der Waals surface area contributed by atoms with Gasteiger partial charge in [0.25, 0.3) is 5.91 Å². The third kappa shape index (κ3) is 3.19. The SMILES string of the molecule is COc1cccc(-c2nn(C)c3sc(C(=O)Nc4ccccc4C)cc23)c1. The summed E-state index contributed by atoms with van der Waals surface area (Å²) in [4.78, 5) is 14.4. The number of carbonyl (C=O) groups is 1. The molecule has 0 saturated carbocycles. The van der Waals surface area contributed by atoms with Crippen LogP contribution >= 0.6 is 11.3 Å². The average molecular weight is 377 g/mol. The van der Waals surface area contributed by atoms with Crippen LogP contribution in [0.25, 0.3) is 21.5 Å².